The van der Waals surface area contributed by atoms with Crippen LogP contribution in [0.1, 0.15) is 16.7 Å². The summed E-state index contributed by atoms with van der Waals surface area (Å²) in [5, 5.41) is 2.55. The molecule has 0 atom stereocenters. The summed E-state index contributed by atoms with van der Waals surface area (Å²) in [7, 11) is -3.64. The van der Waals surface area contributed by atoms with Gasteiger partial charge in [0.05, 0.1) is 4.90 Å². The lowest BCUT2D eigenvalue weighted by Gasteiger charge is -2.34. The Morgan fingerprint density at radius 1 is 1.03 bits per heavy atom. The minimum absolute atomic E-state index is 0.0504. The maximum absolute atomic E-state index is 13.7. The van der Waals surface area contributed by atoms with E-state index in [9.17, 15) is 22.0 Å². The molecular weight excluding hydrogens is 400 g/mol. The molecule has 2 aromatic carbocycles. The van der Waals surface area contributed by atoms with Gasteiger partial charge in [0, 0.05) is 38.3 Å². The molecule has 1 N–H and O–H groups in total. The van der Waals surface area contributed by atoms with E-state index >= 15 is 0 Å². The van der Waals surface area contributed by atoms with Gasteiger partial charge in [-0.1, -0.05) is 17.7 Å². The van der Waals surface area contributed by atoms with Crippen LogP contribution < -0.4 is 5.32 Å². The minimum Gasteiger partial charge on any atom is -0.334 e. The van der Waals surface area contributed by atoms with Gasteiger partial charge >= 0.3 is 6.03 Å². The molecule has 1 fully saturated rings. The Bertz CT molecular complexity index is 1020. The second kappa shape index (κ2) is 8.46. The molecule has 0 aromatic heterocycles. The number of nitrogens with one attached hydrogen (secondary N) is 1. The van der Waals surface area contributed by atoms with E-state index in [1.54, 1.807) is 19.1 Å². The van der Waals surface area contributed by atoms with E-state index in [1.807, 2.05) is 13.0 Å². The Balaban J connectivity index is 1.59. The standard InChI is InChI=1S/C20H23F2N3O3S/c1-14-3-6-19(15(2)11-14)29(27,28)25-9-7-24(8-10-25)20(26)23-13-16-12-17(21)4-5-18(16)22/h3-6,11-12H,7-10,13H2,1-2H3,(H,23,26). The molecule has 1 heterocycles. The lowest BCUT2D eigenvalue weighted by Crippen LogP contribution is -2.53. The van der Waals surface area contributed by atoms with Crippen molar-refractivity contribution in [3.05, 3.63) is 64.7 Å². The molecule has 1 aliphatic heterocycles. The predicted octanol–water partition coefficient (Wildman–Crippen LogP) is 2.80. The smallest absolute Gasteiger partial charge is 0.317 e. The van der Waals surface area contributed by atoms with Crippen LogP contribution in [-0.4, -0.2) is 49.8 Å². The zero-order valence-corrected chi connectivity index (χ0v) is 17.1. The fraction of sp³-hybridized carbons (Fsp3) is 0.350. The second-order valence-electron chi connectivity index (χ2n) is 7.05. The van der Waals surface area contributed by atoms with Gasteiger partial charge in [-0.3, -0.25) is 0 Å². The van der Waals surface area contributed by atoms with Crippen LogP contribution in [0, 0.1) is 25.5 Å². The highest BCUT2D eigenvalue weighted by Gasteiger charge is 2.31. The Morgan fingerprint density at radius 3 is 2.38 bits per heavy atom. The Morgan fingerprint density at radius 2 is 1.72 bits per heavy atom. The molecule has 1 saturated heterocycles. The van der Waals surface area contributed by atoms with Gasteiger partial charge in [-0.05, 0) is 43.7 Å². The van der Waals surface area contributed by atoms with E-state index in [-0.39, 0.29) is 43.2 Å². The fourth-order valence-electron chi connectivity index (χ4n) is 3.32. The summed E-state index contributed by atoms with van der Waals surface area (Å²) >= 11 is 0. The molecule has 0 bridgehead atoms. The van der Waals surface area contributed by atoms with Crippen molar-refractivity contribution < 1.29 is 22.0 Å². The van der Waals surface area contributed by atoms with Crippen molar-refractivity contribution in [1.29, 1.82) is 0 Å². The number of rotatable bonds is 4. The number of amides is 2. The number of urea groups is 1. The van der Waals surface area contributed by atoms with Gasteiger partial charge in [0.15, 0.2) is 0 Å². The molecule has 9 heteroatoms. The van der Waals surface area contributed by atoms with Crippen LogP contribution in [-0.2, 0) is 16.6 Å². The number of carbonyl (C=O) groups excluding carboxylic acids is 1. The van der Waals surface area contributed by atoms with Crippen LogP contribution in [0.4, 0.5) is 13.6 Å². The van der Waals surface area contributed by atoms with Gasteiger partial charge < -0.3 is 10.2 Å². The summed E-state index contributed by atoms with van der Waals surface area (Å²) in [5.41, 5.74) is 1.72. The van der Waals surface area contributed by atoms with Crippen molar-refractivity contribution in [3.8, 4) is 0 Å². The van der Waals surface area contributed by atoms with E-state index in [4.69, 9.17) is 0 Å². The number of hydrogen-bond donors (Lipinski definition) is 1. The molecule has 3 rings (SSSR count). The molecule has 156 valence electrons. The Labute approximate surface area is 169 Å². The molecule has 6 nitrogen and oxygen atoms in total. The molecule has 1 aliphatic rings. The van der Waals surface area contributed by atoms with Crippen LogP contribution in [0.15, 0.2) is 41.3 Å². The quantitative estimate of drug-likeness (QED) is 0.822. The summed E-state index contributed by atoms with van der Waals surface area (Å²) in [6.45, 7) is 4.26. The highest BCUT2D eigenvalue weighted by molar-refractivity contribution is 7.89. The van der Waals surface area contributed by atoms with E-state index in [1.165, 1.54) is 9.21 Å². The van der Waals surface area contributed by atoms with Gasteiger partial charge in [0.2, 0.25) is 10.0 Å². The topological polar surface area (TPSA) is 69.7 Å². The first-order chi connectivity index (χ1) is 13.7. The third kappa shape index (κ3) is 4.73. The maximum atomic E-state index is 13.7. The number of piperazine rings is 1. The molecule has 0 aliphatic carbocycles. The number of hydrogen-bond acceptors (Lipinski definition) is 3. The SMILES string of the molecule is Cc1ccc(S(=O)(=O)N2CCN(C(=O)NCc3cc(F)ccc3F)CC2)c(C)c1. The molecule has 0 spiro atoms. The molecule has 2 amide bonds. The minimum atomic E-state index is -3.64. The zero-order chi connectivity index (χ0) is 21.2. The van der Waals surface area contributed by atoms with Crippen molar-refractivity contribution in [3.63, 3.8) is 0 Å². The van der Waals surface area contributed by atoms with E-state index in [0.717, 1.165) is 23.8 Å². The second-order valence-corrected chi connectivity index (χ2v) is 8.96. The van der Waals surface area contributed by atoms with Crippen molar-refractivity contribution in [1.82, 2.24) is 14.5 Å². The first-order valence-electron chi connectivity index (χ1n) is 9.22. The summed E-state index contributed by atoms with van der Waals surface area (Å²) < 4.78 is 54.1. The highest BCUT2D eigenvalue weighted by atomic mass is 32.2. The third-order valence-corrected chi connectivity index (χ3v) is 6.97. The highest BCUT2D eigenvalue weighted by Crippen LogP contribution is 2.22. The molecule has 2 aromatic rings. The number of benzene rings is 2. The lowest BCUT2D eigenvalue weighted by atomic mass is 10.2. The predicted molar refractivity (Wildman–Crippen MR) is 105 cm³/mol. The van der Waals surface area contributed by atoms with Crippen LogP contribution >= 0.6 is 0 Å². The van der Waals surface area contributed by atoms with Gasteiger partial charge in [-0.15, -0.1) is 0 Å². The molecule has 0 saturated carbocycles. The first kappa shape index (κ1) is 21.2. The average Bonchev–Trinajstić information content (AvgIpc) is 2.68. The molecule has 0 unspecified atom stereocenters. The maximum Gasteiger partial charge on any atom is 0.317 e. The van der Waals surface area contributed by atoms with Crippen LogP contribution in [0.2, 0.25) is 0 Å². The van der Waals surface area contributed by atoms with Crippen LogP contribution in [0.25, 0.3) is 0 Å². The fourth-order valence-corrected chi connectivity index (χ4v) is 4.95. The van der Waals surface area contributed by atoms with E-state index in [2.05, 4.69) is 5.32 Å². The molecule has 29 heavy (non-hydrogen) atoms. The third-order valence-electron chi connectivity index (χ3n) is 4.91. The largest absolute Gasteiger partial charge is 0.334 e. The number of sulfonamides is 1. The average molecular weight is 423 g/mol. The summed E-state index contributed by atoms with van der Waals surface area (Å²) in [5.74, 6) is -1.18. The van der Waals surface area contributed by atoms with Crippen LogP contribution in [0.3, 0.4) is 0 Å². The number of aryl methyl sites for hydroxylation is 2. The van der Waals surface area contributed by atoms with E-state index in [0.29, 0.717) is 5.56 Å². The van der Waals surface area contributed by atoms with Crippen molar-refractivity contribution in [2.24, 2.45) is 0 Å². The van der Waals surface area contributed by atoms with Crippen LogP contribution in [0.5, 0.6) is 0 Å². The van der Waals surface area contributed by atoms with Crippen molar-refractivity contribution in [2.45, 2.75) is 25.3 Å². The molecule has 0 radical (unpaired) electrons. The van der Waals surface area contributed by atoms with Gasteiger partial charge in [-0.25, -0.2) is 22.0 Å². The number of nitrogens with zero attached hydrogens (tertiary/aromatic N) is 2. The Kier molecular flexibility index (Phi) is 6.18. The van der Waals surface area contributed by atoms with Gasteiger partial charge in [0.1, 0.15) is 11.6 Å². The molecular formula is C20H23F2N3O3S. The first-order valence-corrected chi connectivity index (χ1v) is 10.7. The van der Waals surface area contributed by atoms with Gasteiger partial charge in [0.25, 0.3) is 0 Å². The van der Waals surface area contributed by atoms with E-state index < -0.39 is 27.7 Å². The zero-order valence-electron chi connectivity index (χ0n) is 16.3. The lowest BCUT2D eigenvalue weighted by molar-refractivity contribution is 0.172. The number of carbonyl (C=O) groups is 1. The van der Waals surface area contributed by atoms with Gasteiger partial charge in [-0.2, -0.15) is 4.31 Å². The summed E-state index contributed by atoms with van der Waals surface area (Å²) in [4.78, 5) is 14.0. The Hall–Kier alpha value is -2.52. The summed E-state index contributed by atoms with van der Waals surface area (Å²) in [6.07, 6.45) is 0. The number of halogens is 2. The summed E-state index contributed by atoms with van der Waals surface area (Å²) in [6, 6.07) is 7.79. The monoisotopic (exact) mass is 423 g/mol. The van der Waals surface area contributed by atoms with Crippen molar-refractivity contribution in [2.75, 3.05) is 26.2 Å². The van der Waals surface area contributed by atoms with Crippen molar-refractivity contribution >= 4 is 16.1 Å². The normalized spacial score (nSPS) is 15.4.